The number of aromatic nitrogens is 1. The van der Waals surface area contributed by atoms with Gasteiger partial charge >= 0.3 is 0 Å². The Balaban J connectivity index is 2.44. The molecule has 0 aliphatic rings. The number of hydrogen-bond donors (Lipinski definition) is 0. The second-order valence-corrected chi connectivity index (χ2v) is 4.61. The first kappa shape index (κ1) is 10.6. The summed E-state index contributed by atoms with van der Waals surface area (Å²) >= 11 is 7.24. The molecule has 0 bridgehead atoms. The predicted octanol–water partition coefficient (Wildman–Crippen LogP) is 4.00. The van der Waals surface area contributed by atoms with Gasteiger partial charge in [0.15, 0.2) is 0 Å². The lowest BCUT2D eigenvalue weighted by atomic mass is 10.1. The summed E-state index contributed by atoms with van der Waals surface area (Å²) in [6.07, 6.45) is 1.76. The van der Waals surface area contributed by atoms with Crippen molar-refractivity contribution >= 4 is 22.9 Å². The smallest absolute Gasteiger partial charge is 0.123 e. The quantitative estimate of drug-likeness (QED) is 0.725. The van der Waals surface area contributed by atoms with Crippen molar-refractivity contribution in [2.45, 2.75) is 12.8 Å². The molecule has 1 aromatic heterocycles. The highest BCUT2D eigenvalue weighted by molar-refractivity contribution is 7.15. The van der Waals surface area contributed by atoms with Crippen molar-refractivity contribution in [3.05, 3.63) is 40.7 Å². The summed E-state index contributed by atoms with van der Waals surface area (Å²) in [7, 11) is 0. The van der Waals surface area contributed by atoms with Crippen molar-refractivity contribution in [3.8, 4) is 10.6 Å². The molecule has 15 heavy (non-hydrogen) atoms. The van der Waals surface area contributed by atoms with Crippen LogP contribution < -0.4 is 0 Å². The number of hydrogen-bond acceptors (Lipinski definition) is 2. The molecule has 1 nitrogen and oxygen atoms in total. The van der Waals surface area contributed by atoms with Crippen LogP contribution in [0, 0.1) is 12.7 Å². The van der Waals surface area contributed by atoms with Crippen LogP contribution in [0.2, 0.25) is 0 Å². The largest absolute Gasteiger partial charge is 0.244 e. The van der Waals surface area contributed by atoms with E-state index in [1.165, 1.54) is 12.1 Å². The number of nitrogens with zero attached hydrogens (tertiary/aromatic N) is 1. The third-order valence-corrected chi connectivity index (χ3v) is 3.58. The van der Waals surface area contributed by atoms with Crippen molar-refractivity contribution in [1.82, 2.24) is 4.98 Å². The molecule has 0 aliphatic carbocycles. The summed E-state index contributed by atoms with van der Waals surface area (Å²) in [4.78, 5) is 5.28. The van der Waals surface area contributed by atoms with Gasteiger partial charge in [-0.25, -0.2) is 9.37 Å². The van der Waals surface area contributed by atoms with E-state index in [9.17, 15) is 4.39 Å². The van der Waals surface area contributed by atoms with Crippen LogP contribution in [0.1, 0.15) is 10.4 Å². The first-order valence-corrected chi connectivity index (χ1v) is 5.83. The molecule has 0 aliphatic heterocycles. The van der Waals surface area contributed by atoms with Crippen LogP contribution in [0.25, 0.3) is 10.6 Å². The highest BCUT2D eigenvalue weighted by atomic mass is 35.5. The highest BCUT2D eigenvalue weighted by Crippen LogP contribution is 2.28. The van der Waals surface area contributed by atoms with Crippen LogP contribution in [0.3, 0.4) is 0 Å². The fourth-order valence-corrected chi connectivity index (χ4v) is 2.45. The summed E-state index contributed by atoms with van der Waals surface area (Å²) in [5.41, 5.74) is 1.86. The van der Waals surface area contributed by atoms with Gasteiger partial charge in [0, 0.05) is 16.6 Å². The van der Waals surface area contributed by atoms with E-state index < -0.39 is 0 Å². The SMILES string of the molecule is Cc1cc(F)ccc1-c1ncc(CCl)s1. The first-order valence-electron chi connectivity index (χ1n) is 4.48. The lowest BCUT2D eigenvalue weighted by Crippen LogP contribution is -1.83. The molecule has 4 heteroatoms. The Labute approximate surface area is 96.5 Å². The number of alkyl halides is 1. The average Bonchev–Trinajstić information content (AvgIpc) is 2.66. The molecule has 2 rings (SSSR count). The van der Waals surface area contributed by atoms with Crippen molar-refractivity contribution in [3.63, 3.8) is 0 Å². The molecule has 0 atom stereocenters. The van der Waals surface area contributed by atoms with E-state index in [0.717, 1.165) is 21.0 Å². The van der Waals surface area contributed by atoms with Crippen LogP contribution in [0.5, 0.6) is 0 Å². The Hall–Kier alpha value is -0.930. The van der Waals surface area contributed by atoms with Crippen molar-refractivity contribution in [2.75, 3.05) is 0 Å². The van der Waals surface area contributed by atoms with Gasteiger partial charge in [0.2, 0.25) is 0 Å². The number of benzene rings is 1. The van der Waals surface area contributed by atoms with E-state index in [1.807, 2.05) is 6.92 Å². The van der Waals surface area contributed by atoms with Crippen LogP contribution in [-0.2, 0) is 5.88 Å². The summed E-state index contributed by atoms with van der Waals surface area (Å²) in [5, 5.41) is 0.892. The van der Waals surface area contributed by atoms with Gasteiger partial charge < -0.3 is 0 Å². The van der Waals surface area contributed by atoms with E-state index in [2.05, 4.69) is 4.98 Å². The zero-order valence-electron chi connectivity index (χ0n) is 8.13. The van der Waals surface area contributed by atoms with Crippen molar-refractivity contribution in [1.29, 1.82) is 0 Å². The van der Waals surface area contributed by atoms with E-state index >= 15 is 0 Å². The third-order valence-electron chi connectivity index (χ3n) is 2.10. The van der Waals surface area contributed by atoms with E-state index in [1.54, 1.807) is 23.6 Å². The molecule has 0 radical (unpaired) electrons. The second-order valence-electron chi connectivity index (χ2n) is 3.22. The minimum absolute atomic E-state index is 0.217. The fourth-order valence-electron chi connectivity index (χ4n) is 1.36. The van der Waals surface area contributed by atoms with Crippen LogP contribution in [-0.4, -0.2) is 4.98 Å². The maximum atomic E-state index is 12.9. The summed E-state index contributed by atoms with van der Waals surface area (Å²) in [5.74, 6) is 0.253. The lowest BCUT2D eigenvalue weighted by molar-refractivity contribution is 0.627. The van der Waals surface area contributed by atoms with E-state index in [-0.39, 0.29) is 5.82 Å². The van der Waals surface area contributed by atoms with Crippen molar-refractivity contribution < 1.29 is 4.39 Å². The monoisotopic (exact) mass is 241 g/mol. The molecule has 0 fully saturated rings. The minimum atomic E-state index is -0.217. The number of thiazole rings is 1. The fraction of sp³-hybridized carbons (Fsp3) is 0.182. The maximum absolute atomic E-state index is 12.9. The minimum Gasteiger partial charge on any atom is -0.244 e. The molecular weight excluding hydrogens is 233 g/mol. The van der Waals surface area contributed by atoms with Crippen molar-refractivity contribution in [2.24, 2.45) is 0 Å². The Morgan fingerprint density at radius 2 is 2.27 bits per heavy atom. The van der Waals surface area contributed by atoms with Gasteiger partial charge in [-0.2, -0.15) is 0 Å². The summed E-state index contributed by atoms with van der Waals surface area (Å²) in [6.45, 7) is 1.88. The Morgan fingerprint density at radius 1 is 1.47 bits per heavy atom. The summed E-state index contributed by atoms with van der Waals surface area (Å²) < 4.78 is 12.9. The Morgan fingerprint density at radius 3 is 2.87 bits per heavy atom. The van der Waals surface area contributed by atoms with Crippen LogP contribution in [0.4, 0.5) is 4.39 Å². The molecule has 0 spiro atoms. The number of rotatable bonds is 2. The van der Waals surface area contributed by atoms with Gasteiger partial charge in [-0.3, -0.25) is 0 Å². The van der Waals surface area contributed by atoms with Gasteiger partial charge in [0.05, 0.1) is 5.88 Å². The molecule has 1 heterocycles. The van der Waals surface area contributed by atoms with E-state index in [0.29, 0.717) is 5.88 Å². The maximum Gasteiger partial charge on any atom is 0.123 e. The van der Waals surface area contributed by atoms with Gasteiger partial charge in [-0.05, 0) is 30.7 Å². The van der Waals surface area contributed by atoms with E-state index in [4.69, 9.17) is 11.6 Å². The zero-order valence-corrected chi connectivity index (χ0v) is 9.70. The number of halogens is 2. The second kappa shape index (κ2) is 4.29. The predicted molar refractivity (Wildman–Crippen MR) is 61.8 cm³/mol. The first-order chi connectivity index (χ1) is 7.20. The average molecular weight is 242 g/mol. The molecule has 0 saturated carbocycles. The van der Waals surface area contributed by atoms with Gasteiger partial charge in [0.1, 0.15) is 10.8 Å². The molecule has 0 N–H and O–H groups in total. The molecule has 0 unspecified atom stereocenters. The topological polar surface area (TPSA) is 12.9 Å². The van der Waals surface area contributed by atoms with Gasteiger partial charge in [-0.15, -0.1) is 22.9 Å². The van der Waals surface area contributed by atoms with Crippen LogP contribution >= 0.6 is 22.9 Å². The molecule has 0 amide bonds. The zero-order chi connectivity index (χ0) is 10.8. The molecule has 2 aromatic rings. The molecule has 0 saturated heterocycles. The standard InChI is InChI=1S/C11H9ClFNS/c1-7-4-8(13)2-3-10(7)11-14-6-9(5-12)15-11/h2-4,6H,5H2,1H3. The highest BCUT2D eigenvalue weighted by Gasteiger charge is 2.07. The normalized spacial score (nSPS) is 10.6. The Kier molecular flexibility index (Phi) is 3.03. The molecular formula is C11H9ClFNS. The molecule has 78 valence electrons. The third kappa shape index (κ3) is 2.19. The number of aryl methyl sites for hydroxylation is 1. The van der Waals surface area contributed by atoms with Gasteiger partial charge in [-0.1, -0.05) is 0 Å². The molecule has 1 aromatic carbocycles. The van der Waals surface area contributed by atoms with Crippen LogP contribution in [0.15, 0.2) is 24.4 Å². The summed E-state index contributed by atoms with van der Waals surface area (Å²) in [6, 6.07) is 4.71. The lowest BCUT2D eigenvalue weighted by Gasteiger charge is -2.01. The van der Waals surface area contributed by atoms with Gasteiger partial charge in [0.25, 0.3) is 0 Å². The Bertz CT molecular complexity index is 481.